The number of aryl methyl sites for hydroxylation is 1. The third kappa shape index (κ3) is 3.40. The highest BCUT2D eigenvalue weighted by Crippen LogP contribution is 2.30. The van der Waals surface area contributed by atoms with Crippen LogP contribution in [0.3, 0.4) is 0 Å². The molecule has 0 saturated carbocycles. The van der Waals surface area contributed by atoms with Crippen molar-refractivity contribution in [1.82, 2.24) is 9.97 Å². The highest BCUT2D eigenvalue weighted by Gasteiger charge is 2.26. The molecule has 4 rings (SSSR count). The number of hydrogen-bond donors (Lipinski definition) is 2. The minimum Gasteiger partial charge on any atom is -0.455 e. The third-order valence-electron chi connectivity index (χ3n) is 4.47. The normalized spacial score (nSPS) is 16.1. The van der Waals surface area contributed by atoms with E-state index in [2.05, 4.69) is 15.3 Å². The fourth-order valence-corrected chi connectivity index (χ4v) is 3.13. The maximum atomic E-state index is 12.7. The van der Waals surface area contributed by atoms with Crippen molar-refractivity contribution in [2.75, 3.05) is 5.32 Å². The van der Waals surface area contributed by atoms with Gasteiger partial charge in [-0.1, -0.05) is 30.3 Å². The summed E-state index contributed by atoms with van der Waals surface area (Å²) in [5.74, 6) is 1.34. The van der Waals surface area contributed by atoms with Crippen molar-refractivity contribution in [3.8, 4) is 11.5 Å². The van der Waals surface area contributed by atoms with Gasteiger partial charge in [0.05, 0.1) is 17.7 Å². The van der Waals surface area contributed by atoms with E-state index in [1.807, 2.05) is 54.6 Å². The van der Waals surface area contributed by atoms with Gasteiger partial charge in [0.15, 0.2) is 5.75 Å². The monoisotopic (exact) mass is 333 g/mol. The number of para-hydroxylation sites is 3. The van der Waals surface area contributed by atoms with Crippen LogP contribution >= 0.6 is 0 Å². The summed E-state index contributed by atoms with van der Waals surface area (Å²) in [5.41, 5.74) is 2.84. The lowest BCUT2D eigenvalue weighted by Crippen LogP contribution is -2.28. The number of nitrogens with one attached hydrogen (secondary N) is 2. The van der Waals surface area contributed by atoms with Gasteiger partial charge < -0.3 is 15.0 Å². The Bertz CT molecular complexity index is 873. The molecular formula is C20H19N3O2. The molecule has 1 aliphatic rings. The molecule has 0 bridgehead atoms. The molecule has 126 valence electrons. The molecule has 0 spiro atoms. The van der Waals surface area contributed by atoms with Crippen LogP contribution in [0.5, 0.6) is 11.5 Å². The van der Waals surface area contributed by atoms with Crippen LogP contribution in [0, 0.1) is 5.92 Å². The van der Waals surface area contributed by atoms with E-state index < -0.39 is 0 Å². The summed E-state index contributed by atoms with van der Waals surface area (Å²) in [4.78, 5) is 20.1. The van der Waals surface area contributed by atoms with Gasteiger partial charge in [-0.05, 0) is 37.1 Å². The zero-order valence-corrected chi connectivity index (χ0v) is 13.7. The van der Waals surface area contributed by atoms with Gasteiger partial charge >= 0.3 is 0 Å². The Morgan fingerprint density at radius 3 is 2.80 bits per heavy atom. The fourth-order valence-electron chi connectivity index (χ4n) is 3.13. The minimum atomic E-state index is -0.0577. The number of carbonyl (C=O) groups is 1. The molecule has 0 fully saturated rings. The number of amides is 1. The predicted molar refractivity (Wildman–Crippen MR) is 95.7 cm³/mol. The lowest BCUT2D eigenvalue weighted by Gasteiger charge is -2.21. The smallest absolute Gasteiger partial charge is 0.227 e. The number of carbonyl (C=O) groups excluding carboxylic acids is 1. The first-order valence-electron chi connectivity index (χ1n) is 8.43. The van der Waals surface area contributed by atoms with Crippen LogP contribution in [0.4, 0.5) is 5.69 Å². The Kier molecular flexibility index (Phi) is 4.21. The lowest BCUT2D eigenvalue weighted by molar-refractivity contribution is -0.120. The maximum Gasteiger partial charge on any atom is 0.227 e. The molecule has 1 amide bonds. The molecule has 2 N–H and O–H groups in total. The van der Waals surface area contributed by atoms with Crippen LogP contribution < -0.4 is 10.1 Å². The zero-order chi connectivity index (χ0) is 17.1. The first kappa shape index (κ1) is 15.4. The number of H-pyrrole nitrogens is 1. The molecule has 1 aromatic heterocycles. The van der Waals surface area contributed by atoms with Crippen molar-refractivity contribution >= 4 is 11.6 Å². The number of imidazole rings is 1. The SMILES string of the molecule is O=C(Nc1ccccc1Oc1ccccc1)C1CCc2nc[nH]c2C1. The van der Waals surface area contributed by atoms with Crippen LogP contribution in [0.2, 0.25) is 0 Å². The number of hydrogen-bond acceptors (Lipinski definition) is 3. The van der Waals surface area contributed by atoms with Crippen LogP contribution in [-0.4, -0.2) is 15.9 Å². The summed E-state index contributed by atoms with van der Waals surface area (Å²) in [5, 5.41) is 3.03. The van der Waals surface area contributed by atoms with Crippen LogP contribution in [0.1, 0.15) is 17.8 Å². The van der Waals surface area contributed by atoms with Crippen LogP contribution in [-0.2, 0) is 17.6 Å². The molecule has 1 unspecified atom stereocenters. The number of aromatic amines is 1. The summed E-state index contributed by atoms with van der Waals surface area (Å²) in [6, 6.07) is 17.1. The van der Waals surface area contributed by atoms with Crippen molar-refractivity contribution in [2.24, 2.45) is 5.92 Å². The second-order valence-corrected chi connectivity index (χ2v) is 6.17. The minimum absolute atomic E-state index is 0.0179. The van der Waals surface area contributed by atoms with Crippen molar-refractivity contribution in [3.63, 3.8) is 0 Å². The number of benzene rings is 2. The largest absolute Gasteiger partial charge is 0.455 e. The van der Waals surface area contributed by atoms with Crippen molar-refractivity contribution in [3.05, 3.63) is 72.3 Å². The number of aromatic nitrogens is 2. The van der Waals surface area contributed by atoms with E-state index in [0.29, 0.717) is 17.9 Å². The Balaban J connectivity index is 1.48. The highest BCUT2D eigenvalue weighted by atomic mass is 16.5. The van der Waals surface area contributed by atoms with Gasteiger partial charge in [0.25, 0.3) is 0 Å². The Hall–Kier alpha value is -3.08. The van der Waals surface area contributed by atoms with Crippen molar-refractivity contribution in [2.45, 2.75) is 19.3 Å². The molecular weight excluding hydrogens is 314 g/mol. The summed E-state index contributed by atoms with van der Waals surface area (Å²) < 4.78 is 5.91. The van der Waals surface area contributed by atoms with Gasteiger partial charge in [0, 0.05) is 18.0 Å². The maximum absolute atomic E-state index is 12.7. The third-order valence-corrected chi connectivity index (χ3v) is 4.47. The number of nitrogens with zero attached hydrogens (tertiary/aromatic N) is 1. The van der Waals surface area contributed by atoms with Crippen molar-refractivity contribution < 1.29 is 9.53 Å². The molecule has 3 aromatic rings. The Morgan fingerprint density at radius 1 is 1.12 bits per heavy atom. The second-order valence-electron chi connectivity index (χ2n) is 6.17. The van der Waals surface area contributed by atoms with Gasteiger partial charge in [0.2, 0.25) is 5.91 Å². The molecule has 25 heavy (non-hydrogen) atoms. The summed E-state index contributed by atoms with van der Waals surface area (Å²) in [7, 11) is 0. The summed E-state index contributed by atoms with van der Waals surface area (Å²) in [6.45, 7) is 0. The van der Waals surface area contributed by atoms with Crippen LogP contribution in [0.15, 0.2) is 60.9 Å². The Labute approximate surface area is 146 Å². The first-order chi connectivity index (χ1) is 12.3. The molecule has 5 heteroatoms. The predicted octanol–water partition coefficient (Wildman–Crippen LogP) is 3.95. The van der Waals surface area contributed by atoms with Gasteiger partial charge in [0.1, 0.15) is 5.75 Å². The van der Waals surface area contributed by atoms with Crippen molar-refractivity contribution in [1.29, 1.82) is 0 Å². The average Bonchev–Trinajstić information content (AvgIpc) is 3.12. The van der Waals surface area contributed by atoms with E-state index in [0.717, 1.165) is 30.0 Å². The van der Waals surface area contributed by atoms with Crippen LogP contribution in [0.25, 0.3) is 0 Å². The van der Waals surface area contributed by atoms with Gasteiger partial charge in [-0.2, -0.15) is 0 Å². The highest BCUT2D eigenvalue weighted by molar-refractivity contribution is 5.94. The van der Waals surface area contributed by atoms with Gasteiger partial charge in [-0.3, -0.25) is 4.79 Å². The standard InChI is InChI=1S/C20H19N3O2/c24-20(14-10-11-16-18(12-14)22-13-21-16)23-17-8-4-5-9-19(17)25-15-6-2-1-3-7-15/h1-9,13-14H,10-12H2,(H,21,22)(H,23,24). The lowest BCUT2D eigenvalue weighted by atomic mass is 9.89. The van der Waals surface area contributed by atoms with E-state index in [1.54, 1.807) is 6.33 Å². The molecule has 0 radical (unpaired) electrons. The molecule has 1 atom stereocenters. The molecule has 1 aliphatic carbocycles. The van der Waals surface area contributed by atoms with E-state index in [-0.39, 0.29) is 11.8 Å². The molecule has 0 saturated heterocycles. The molecule has 2 aromatic carbocycles. The van der Waals surface area contributed by atoms with Gasteiger partial charge in [-0.15, -0.1) is 0 Å². The van der Waals surface area contributed by atoms with E-state index in [4.69, 9.17) is 4.74 Å². The number of rotatable bonds is 4. The Morgan fingerprint density at radius 2 is 1.92 bits per heavy atom. The number of ether oxygens (including phenoxy) is 1. The van der Waals surface area contributed by atoms with E-state index >= 15 is 0 Å². The van der Waals surface area contributed by atoms with E-state index in [9.17, 15) is 4.79 Å². The quantitative estimate of drug-likeness (QED) is 0.760. The molecule has 5 nitrogen and oxygen atoms in total. The number of anilines is 1. The van der Waals surface area contributed by atoms with Gasteiger partial charge in [-0.25, -0.2) is 4.98 Å². The molecule has 0 aliphatic heterocycles. The first-order valence-corrected chi connectivity index (χ1v) is 8.43. The average molecular weight is 333 g/mol. The summed E-state index contributed by atoms with van der Waals surface area (Å²) in [6.07, 6.45) is 4.04. The summed E-state index contributed by atoms with van der Waals surface area (Å²) >= 11 is 0. The topological polar surface area (TPSA) is 67.0 Å². The number of fused-ring (bicyclic) bond motifs is 1. The van der Waals surface area contributed by atoms with E-state index in [1.165, 1.54) is 0 Å². The zero-order valence-electron chi connectivity index (χ0n) is 13.7. The second kappa shape index (κ2) is 6.81. The molecule has 1 heterocycles. The fraction of sp³-hybridized carbons (Fsp3) is 0.200.